The van der Waals surface area contributed by atoms with E-state index in [1.165, 1.54) is 4.68 Å². The summed E-state index contributed by atoms with van der Waals surface area (Å²) in [5.41, 5.74) is 7.65. The zero-order valence-electron chi connectivity index (χ0n) is 11.1. The molecule has 1 amide bonds. The number of nitrogens with one attached hydrogen (secondary N) is 1. The van der Waals surface area contributed by atoms with E-state index >= 15 is 0 Å². The Hall–Kier alpha value is -1.92. The first-order valence-electron chi connectivity index (χ1n) is 6.58. The predicted molar refractivity (Wildman–Crippen MR) is 77.9 cm³/mol. The number of benzene rings is 1. The smallest absolute Gasteiger partial charge is 0.252 e. The predicted octanol–water partition coefficient (Wildman–Crippen LogP) is 1.92. The molecular formula is C14H14ClFN4O. The van der Waals surface area contributed by atoms with Crippen molar-refractivity contribution in [1.82, 2.24) is 15.1 Å². The first-order valence-corrected chi connectivity index (χ1v) is 6.96. The molecule has 110 valence electrons. The van der Waals surface area contributed by atoms with Gasteiger partial charge in [-0.2, -0.15) is 5.10 Å². The zero-order valence-corrected chi connectivity index (χ0v) is 11.9. The summed E-state index contributed by atoms with van der Waals surface area (Å²) in [6.45, 7) is -0.0303. The maximum atomic E-state index is 13.1. The van der Waals surface area contributed by atoms with Gasteiger partial charge in [-0.05, 0) is 12.1 Å². The minimum Gasteiger partial charge on any atom is -0.365 e. The Morgan fingerprint density at radius 2 is 2.38 bits per heavy atom. The Kier molecular flexibility index (Phi) is 3.65. The average Bonchev–Trinajstić information content (AvgIpc) is 2.86. The van der Waals surface area contributed by atoms with E-state index in [2.05, 4.69) is 10.4 Å². The summed E-state index contributed by atoms with van der Waals surface area (Å²) in [6.07, 6.45) is 0.00212. The van der Waals surface area contributed by atoms with Gasteiger partial charge in [-0.25, -0.2) is 9.07 Å². The van der Waals surface area contributed by atoms with E-state index in [0.717, 1.165) is 0 Å². The molecule has 21 heavy (non-hydrogen) atoms. The lowest BCUT2D eigenvalue weighted by atomic mass is 10.0. The standard InChI is InChI=1S/C14H14ClFN4O/c15-9-3-1-2-8(6-9)13-12(14(17)21)10-4-5-18-11(7-16)20(10)19-13/h1-3,6,11,18H,4-5,7H2,(H2,17,21). The zero-order chi connectivity index (χ0) is 15.0. The van der Waals surface area contributed by atoms with Gasteiger partial charge >= 0.3 is 0 Å². The number of alkyl halides is 1. The largest absolute Gasteiger partial charge is 0.365 e. The molecule has 0 bridgehead atoms. The number of amides is 1. The van der Waals surface area contributed by atoms with E-state index in [1.54, 1.807) is 24.3 Å². The summed E-state index contributed by atoms with van der Waals surface area (Å²) in [6, 6.07) is 7.01. The molecule has 1 aliphatic rings. The van der Waals surface area contributed by atoms with Crippen molar-refractivity contribution in [3.63, 3.8) is 0 Å². The molecule has 3 N–H and O–H groups in total. The van der Waals surface area contributed by atoms with E-state index < -0.39 is 18.7 Å². The molecule has 7 heteroatoms. The van der Waals surface area contributed by atoms with Crippen molar-refractivity contribution in [1.29, 1.82) is 0 Å². The van der Waals surface area contributed by atoms with E-state index in [9.17, 15) is 9.18 Å². The first-order chi connectivity index (χ1) is 10.1. The molecule has 0 saturated heterocycles. The summed E-state index contributed by atoms with van der Waals surface area (Å²) in [4.78, 5) is 11.8. The van der Waals surface area contributed by atoms with Gasteiger partial charge in [0, 0.05) is 23.6 Å². The maximum absolute atomic E-state index is 13.1. The number of primary amides is 1. The van der Waals surface area contributed by atoms with Gasteiger partial charge in [-0.3, -0.25) is 10.1 Å². The van der Waals surface area contributed by atoms with Crippen LogP contribution >= 0.6 is 11.6 Å². The molecule has 2 aromatic rings. The van der Waals surface area contributed by atoms with Crippen LogP contribution in [0.25, 0.3) is 11.3 Å². The second kappa shape index (κ2) is 5.46. The Morgan fingerprint density at radius 1 is 1.57 bits per heavy atom. The highest BCUT2D eigenvalue weighted by molar-refractivity contribution is 6.30. The molecule has 0 radical (unpaired) electrons. The van der Waals surface area contributed by atoms with Gasteiger partial charge in [0.05, 0.1) is 11.3 Å². The van der Waals surface area contributed by atoms with E-state index in [0.29, 0.717) is 40.5 Å². The normalized spacial score (nSPS) is 17.5. The van der Waals surface area contributed by atoms with Crippen molar-refractivity contribution in [2.24, 2.45) is 5.73 Å². The Balaban J connectivity index is 2.21. The lowest BCUT2D eigenvalue weighted by Crippen LogP contribution is -2.37. The van der Waals surface area contributed by atoms with Crippen LogP contribution in [-0.4, -0.2) is 28.9 Å². The fourth-order valence-corrected chi connectivity index (χ4v) is 2.82. The number of nitrogens with zero attached hydrogens (tertiary/aromatic N) is 2. The molecule has 1 aliphatic heterocycles. The number of fused-ring (bicyclic) bond motifs is 1. The van der Waals surface area contributed by atoms with Crippen LogP contribution in [0.5, 0.6) is 0 Å². The number of rotatable bonds is 3. The summed E-state index contributed by atoms with van der Waals surface area (Å²) in [5, 5.41) is 7.94. The van der Waals surface area contributed by atoms with E-state index in [1.807, 2.05) is 0 Å². The highest BCUT2D eigenvalue weighted by Crippen LogP contribution is 2.30. The molecule has 0 spiro atoms. The monoisotopic (exact) mass is 308 g/mol. The van der Waals surface area contributed by atoms with Crippen molar-refractivity contribution < 1.29 is 9.18 Å². The summed E-state index contributed by atoms with van der Waals surface area (Å²) in [7, 11) is 0. The van der Waals surface area contributed by atoms with Crippen LogP contribution in [0.2, 0.25) is 5.02 Å². The number of carbonyl (C=O) groups is 1. The van der Waals surface area contributed by atoms with Gasteiger partial charge in [-0.15, -0.1) is 0 Å². The van der Waals surface area contributed by atoms with Gasteiger partial charge in [-0.1, -0.05) is 23.7 Å². The van der Waals surface area contributed by atoms with Crippen molar-refractivity contribution >= 4 is 17.5 Å². The third kappa shape index (κ3) is 2.41. The SMILES string of the molecule is NC(=O)c1c(-c2cccc(Cl)c2)nn2c1CCNC2CF. The van der Waals surface area contributed by atoms with Crippen molar-refractivity contribution in [2.45, 2.75) is 12.6 Å². The summed E-state index contributed by atoms with van der Waals surface area (Å²) in [5.74, 6) is -0.564. The first kappa shape index (κ1) is 14.0. The molecule has 0 fully saturated rings. The fourth-order valence-electron chi connectivity index (χ4n) is 2.63. The van der Waals surface area contributed by atoms with Crippen LogP contribution in [-0.2, 0) is 6.42 Å². The van der Waals surface area contributed by atoms with Gasteiger partial charge in [0.25, 0.3) is 5.91 Å². The van der Waals surface area contributed by atoms with E-state index in [4.69, 9.17) is 17.3 Å². The average molecular weight is 309 g/mol. The third-order valence-electron chi connectivity index (χ3n) is 3.54. The maximum Gasteiger partial charge on any atom is 0.252 e. The number of halogens is 2. The molecule has 0 aliphatic carbocycles. The van der Waals surface area contributed by atoms with Crippen LogP contribution < -0.4 is 11.1 Å². The Labute approximate surface area is 125 Å². The third-order valence-corrected chi connectivity index (χ3v) is 3.77. The van der Waals surface area contributed by atoms with Crippen LogP contribution in [0.1, 0.15) is 22.2 Å². The summed E-state index contributed by atoms with van der Waals surface area (Å²) >= 11 is 5.99. The number of nitrogens with two attached hydrogens (primary N) is 1. The molecule has 0 saturated carbocycles. The molecule has 2 heterocycles. The van der Waals surface area contributed by atoms with Crippen LogP contribution in [0, 0.1) is 0 Å². The van der Waals surface area contributed by atoms with Crippen LogP contribution in [0.4, 0.5) is 4.39 Å². The van der Waals surface area contributed by atoms with Crippen molar-refractivity contribution in [2.75, 3.05) is 13.2 Å². The molecule has 5 nitrogen and oxygen atoms in total. The topological polar surface area (TPSA) is 72.9 Å². The molecular weight excluding hydrogens is 295 g/mol. The highest BCUT2D eigenvalue weighted by atomic mass is 35.5. The highest BCUT2D eigenvalue weighted by Gasteiger charge is 2.29. The van der Waals surface area contributed by atoms with Crippen molar-refractivity contribution in [3.8, 4) is 11.3 Å². The van der Waals surface area contributed by atoms with Gasteiger partial charge in [0.2, 0.25) is 0 Å². The number of hydrogen-bond donors (Lipinski definition) is 2. The van der Waals surface area contributed by atoms with E-state index in [-0.39, 0.29) is 0 Å². The lowest BCUT2D eigenvalue weighted by molar-refractivity contribution is 0.0999. The molecule has 1 aromatic carbocycles. The van der Waals surface area contributed by atoms with Gasteiger partial charge in [0.15, 0.2) is 0 Å². The Bertz CT molecular complexity index is 700. The second-order valence-corrected chi connectivity index (χ2v) is 5.30. The molecule has 1 unspecified atom stereocenters. The van der Waals surface area contributed by atoms with Gasteiger partial charge < -0.3 is 5.73 Å². The minimum atomic E-state index is -0.609. The second-order valence-electron chi connectivity index (χ2n) is 4.86. The fraction of sp³-hybridized carbons (Fsp3) is 0.286. The van der Waals surface area contributed by atoms with Gasteiger partial charge in [0.1, 0.15) is 18.5 Å². The van der Waals surface area contributed by atoms with Crippen LogP contribution in [0.3, 0.4) is 0 Å². The number of carbonyl (C=O) groups excluding carboxylic acids is 1. The van der Waals surface area contributed by atoms with Crippen LogP contribution in [0.15, 0.2) is 24.3 Å². The quantitative estimate of drug-likeness (QED) is 0.910. The number of aromatic nitrogens is 2. The summed E-state index contributed by atoms with van der Waals surface area (Å²) < 4.78 is 14.6. The molecule has 1 aromatic heterocycles. The van der Waals surface area contributed by atoms with Crippen molar-refractivity contribution in [3.05, 3.63) is 40.5 Å². The Morgan fingerprint density at radius 3 is 3.05 bits per heavy atom. The number of hydrogen-bond acceptors (Lipinski definition) is 3. The lowest BCUT2D eigenvalue weighted by Gasteiger charge is -2.23. The molecule has 3 rings (SSSR count). The minimum absolute atomic E-state index is 0.345. The molecule has 1 atom stereocenters.